The molecule has 28 heavy (non-hydrogen) atoms. The number of guanidine groups is 1. The average Bonchev–Trinajstić information content (AvgIpc) is 2.98. The Hall–Kier alpha value is -0.0900. The summed E-state index contributed by atoms with van der Waals surface area (Å²) < 4.78 is 29.5. The molecular formula is C20H36IN3O3S. The number of sulfone groups is 1. The second-order valence-corrected chi connectivity index (χ2v) is 11.4. The third-order valence-corrected chi connectivity index (χ3v) is 8.72. The lowest BCUT2D eigenvalue weighted by atomic mass is 9.74. The van der Waals surface area contributed by atoms with Gasteiger partial charge in [-0.3, -0.25) is 4.99 Å². The van der Waals surface area contributed by atoms with Crippen molar-refractivity contribution in [2.45, 2.75) is 88.3 Å². The van der Waals surface area contributed by atoms with Gasteiger partial charge < -0.3 is 15.4 Å². The zero-order valence-electron chi connectivity index (χ0n) is 16.8. The Labute approximate surface area is 187 Å². The van der Waals surface area contributed by atoms with E-state index in [-0.39, 0.29) is 35.5 Å². The molecule has 0 radical (unpaired) electrons. The van der Waals surface area contributed by atoms with Crippen LogP contribution in [0.1, 0.15) is 70.6 Å². The Kier molecular flexibility index (Phi) is 7.92. The number of hydrogen-bond acceptors (Lipinski definition) is 4. The lowest BCUT2D eigenvalue weighted by Crippen LogP contribution is -2.55. The lowest BCUT2D eigenvalue weighted by Gasteiger charge is -2.47. The monoisotopic (exact) mass is 525 g/mol. The molecule has 8 heteroatoms. The molecule has 4 rings (SSSR count). The van der Waals surface area contributed by atoms with Gasteiger partial charge in [0.25, 0.3) is 0 Å². The predicted molar refractivity (Wildman–Crippen MR) is 123 cm³/mol. The van der Waals surface area contributed by atoms with Gasteiger partial charge in [-0.25, -0.2) is 8.42 Å². The minimum Gasteiger partial charge on any atom is -0.375 e. The van der Waals surface area contributed by atoms with Crippen LogP contribution in [-0.4, -0.2) is 56.7 Å². The first kappa shape index (κ1) is 22.6. The SMILES string of the molecule is I.O=S1(=O)CCC(CN=C(NC2CCCCC2)NC2CCOC3(CCC3)C2)C1. The van der Waals surface area contributed by atoms with Crippen LogP contribution in [0.15, 0.2) is 4.99 Å². The Morgan fingerprint density at radius 3 is 2.39 bits per heavy atom. The summed E-state index contributed by atoms with van der Waals surface area (Å²) in [5, 5.41) is 7.34. The molecule has 0 aromatic heterocycles. The molecule has 0 amide bonds. The second kappa shape index (κ2) is 9.81. The fourth-order valence-electron chi connectivity index (χ4n) is 5.07. The maximum atomic E-state index is 11.7. The van der Waals surface area contributed by atoms with Gasteiger partial charge in [-0.15, -0.1) is 24.0 Å². The van der Waals surface area contributed by atoms with Gasteiger partial charge in [0.1, 0.15) is 0 Å². The number of ether oxygens (including phenoxy) is 1. The minimum absolute atomic E-state index is 0. The van der Waals surface area contributed by atoms with Crippen molar-refractivity contribution in [3.8, 4) is 0 Å². The second-order valence-electron chi connectivity index (χ2n) is 9.16. The Morgan fingerprint density at radius 1 is 1.00 bits per heavy atom. The Morgan fingerprint density at radius 2 is 1.75 bits per heavy atom. The van der Waals surface area contributed by atoms with Crippen LogP contribution in [0, 0.1) is 5.92 Å². The van der Waals surface area contributed by atoms with E-state index >= 15 is 0 Å². The highest BCUT2D eigenvalue weighted by Crippen LogP contribution is 2.42. The summed E-state index contributed by atoms with van der Waals surface area (Å²) >= 11 is 0. The molecule has 2 saturated heterocycles. The van der Waals surface area contributed by atoms with E-state index in [9.17, 15) is 8.42 Å². The highest BCUT2D eigenvalue weighted by atomic mass is 127. The summed E-state index contributed by atoms with van der Waals surface area (Å²) in [6, 6.07) is 0.899. The van der Waals surface area contributed by atoms with Crippen LogP contribution in [0.2, 0.25) is 0 Å². The van der Waals surface area contributed by atoms with Crippen LogP contribution < -0.4 is 10.6 Å². The minimum atomic E-state index is -2.84. The number of nitrogens with zero attached hydrogens (tertiary/aromatic N) is 1. The normalized spacial score (nSPS) is 32.4. The van der Waals surface area contributed by atoms with E-state index in [0.717, 1.165) is 31.8 Å². The molecular weight excluding hydrogens is 489 g/mol. The van der Waals surface area contributed by atoms with Crippen LogP contribution in [-0.2, 0) is 14.6 Å². The van der Waals surface area contributed by atoms with E-state index in [2.05, 4.69) is 10.6 Å². The first-order valence-electron chi connectivity index (χ1n) is 10.9. The quantitative estimate of drug-likeness (QED) is 0.335. The van der Waals surface area contributed by atoms with Crippen molar-refractivity contribution in [3.05, 3.63) is 0 Å². The molecule has 6 nitrogen and oxygen atoms in total. The fourth-order valence-corrected chi connectivity index (χ4v) is 6.92. The largest absolute Gasteiger partial charge is 0.375 e. The number of rotatable bonds is 4. The van der Waals surface area contributed by atoms with Crippen LogP contribution in [0.25, 0.3) is 0 Å². The standard InChI is InChI=1S/C20H35N3O3S.HI/c24-27(25)12-8-16(15-27)14-21-19(22-17-5-2-1-3-6-17)23-18-7-11-26-20(13-18)9-4-10-20;/h16-18H,1-15H2,(H2,21,22,23);1H. The van der Waals surface area contributed by atoms with Gasteiger partial charge in [0.2, 0.25) is 0 Å². The molecule has 2 atom stereocenters. The first-order valence-corrected chi connectivity index (χ1v) is 12.8. The molecule has 1 spiro atoms. The van der Waals surface area contributed by atoms with E-state index in [4.69, 9.17) is 9.73 Å². The molecule has 0 aromatic carbocycles. The van der Waals surface area contributed by atoms with Crippen LogP contribution in [0.3, 0.4) is 0 Å². The van der Waals surface area contributed by atoms with Crippen LogP contribution in [0.5, 0.6) is 0 Å². The lowest BCUT2D eigenvalue weighted by molar-refractivity contribution is -0.134. The summed E-state index contributed by atoms with van der Waals surface area (Å²) in [4.78, 5) is 4.84. The van der Waals surface area contributed by atoms with Crippen molar-refractivity contribution >= 4 is 39.8 Å². The van der Waals surface area contributed by atoms with E-state index < -0.39 is 9.84 Å². The summed E-state index contributed by atoms with van der Waals surface area (Å²) in [6.45, 7) is 1.44. The molecule has 2 saturated carbocycles. The van der Waals surface area contributed by atoms with Crippen LogP contribution >= 0.6 is 24.0 Å². The number of nitrogens with one attached hydrogen (secondary N) is 2. The van der Waals surface area contributed by atoms with Crippen molar-refractivity contribution in [3.63, 3.8) is 0 Å². The van der Waals surface area contributed by atoms with E-state index in [0.29, 0.717) is 30.1 Å². The molecule has 2 unspecified atom stereocenters. The van der Waals surface area contributed by atoms with E-state index in [1.54, 1.807) is 0 Å². The highest BCUT2D eigenvalue weighted by molar-refractivity contribution is 14.0. The van der Waals surface area contributed by atoms with Gasteiger partial charge in [-0.05, 0) is 57.3 Å². The van der Waals surface area contributed by atoms with Crippen molar-refractivity contribution in [1.82, 2.24) is 10.6 Å². The Balaban J connectivity index is 0.00000225. The molecule has 4 fully saturated rings. The number of hydrogen-bond donors (Lipinski definition) is 2. The fraction of sp³-hybridized carbons (Fsp3) is 0.950. The topological polar surface area (TPSA) is 79.8 Å². The molecule has 162 valence electrons. The van der Waals surface area contributed by atoms with Gasteiger partial charge in [0.15, 0.2) is 15.8 Å². The molecule has 2 aliphatic carbocycles. The third-order valence-electron chi connectivity index (χ3n) is 6.88. The predicted octanol–water partition coefficient (Wildman–Crippen LogP) is 3.01. The van der Waals surface area contributed by atoms with Crippen molar-refractivity contribution in [2.24, 2.45) is 10.9 Å². The van der Waals surface area contributed by atoms with E-state index in [1.165, 1.54) is 51.4 Å². The van der Waals surface area contributed by atoms with Gasteiger partial charge in [-0.2, -0.15) is 0 Å². The molecule has 2 aliphatic heterocycles. The van der Waals surface area contributed by atoms with Crippen molar-refractivity contribution in [2.75, 3.05) is 24.7 Å². The van der Waals surface area contributed by atoms with Gasteiger partial charge >= 0.3 is 0 Å². The average molecular weight is 525 g/mol. The molecule has 2 N–H and O–H groups in total. The Bertz CT molecular complexity index is 645. The molecule has 0 bridgehead atoms. The maximum Gasteiger partial charge on any atom is 0.191 e. The van der Waals surface area contributed by atoms with Gasteiger partial charge in [0, 0.05) is 25.2 Å². The van der Waals surface area contributed by atoms with Crippen molar-refractivity contribution in [1.29, 1.82) is 0 Å². The van der Waals surface area contributed by atoms with Gasteiger partial charge in [0.05, 0.1) is 17.1 Å². The highest BCUT2D eigenvalue weighted by Gasteiger charge is 2.42. The zero-order chi connectivity index (χ0) is 18.7. The summed E-state index contributed by atoms with van der Waals surface area (Å²) in [5.41, 5.74) is 0.116. The molecule has 0 aromatic rings. The first-order chi connectivity index (χ1) is 13.0. The summed E-state index contributed by atoms with van der Waals surface area (Å²) in [6.07, 6.45) is 12.8. The zero-order valence-corrected chi connectivity index (χ0v) is 20.0. The third kappa shape index (κ3) is 5.97. The van der Waals surface area contributed by atoms with Crippen LogP contribution in [0.4, 0.5) is 0 Å². The molecule has 4 aliphatic rings. The maximum absolute atomic E-state index is 11.7. The molecule has 2 heterocycles. The number of aliphatic imine (C=N–C) groups is 1. The smallest absolute Gasteiger partial charge is 0.191 e. The van der Waals surface area contributed by atoms with Crippen molar-refractivity contribution < 1.29 is 13.2 Å². The van der Waals surface area contributed by atoms with E-state index in [1.807, 2.05) is 0 Å². The summed E-state index contributed by atoms with van der Waals surface area (Å²) in [5.74, 6) is 1.70. The number of halogens is 1. The summed E-state index contributed by atoms with van der Waals surface area (Å²) in [7, 11) is -2.84. The van der Waals surface area contributed by atoms with Gasteiger partial charge in [-0.1, -0.05) is 19.3 Å².